The molecule has 0 aromatic carbocycles. The maximum absolute atomic E-state index is 4.21. The van der Waals surface area contributed by atoms with Crippen molar-refractivity contribution in [3.63, 3.8) is 0 Å². The van der Waals surface area contributed by atoms with Crippen LogP contribution in [0.25, 0.3) is 0 Å². The molecule has 1 aliphatic rings. The van der Waals surface area contributed by atoms with Crippen molar-refractivity contribution in [2.75, 3.05) is 26.2 Å². The molecule has 1 fully saturated rings. The van der Waals surface area contributed by atoms with Crippen LogP contribution < -0.4 is 5.32 Å². The Morgan fingerprint density at radius 2 is 2.22 bits per heavy atom. The van der Waals surface area contributed by atoms with E-state index < -0.39 is 0 Å². The van der Waals surface area contributed by atoms with Gasteiger partial charge in [-0.15, -0.1) is 0 Å². The van der Waals surface area contributed by atoms with Crippen LogP contribution in [0.2, 0.25) is 0 Å². The van der Waals surface area contributed by atoms with Gasteiger partial charge in [0.25, 0.3) is 0 Å². The second-order valence-corrected chi connectivity index (χ2v) is 5.42. The van der Waals surface area contributed by atoms with E-state index in [9.17, 15) is 0 Å². The van der Waals surface area contributed by atoms with Crippen LogP contribution in [0, 0.1) is 5.92 Å². The molecular weight excluding hydrogens is 224 g/mol. The zero-order chi connectivity index (χ0) is 12.8. The molecule has 0 aliphatic carbocycles. The molecule has 2 heterocycles. The lowest BCUT2D eigenvalue weighted by molar-refractivity contribution is 0.195. The van der Waals surface area contributed by atoms with Gasteiger partial charge >= 0.3 is 0 Å². The summed E-state index contributed by atoms with van der Waals surface area (Å²) in [6, 6.07) is 0. The van der Waals surface area contributed by atoms with Crippen molar-refractivity contribution >= 4 is 0 Å². The average molecular weight is 250 g/mol. The van der Waals surface area contributed by atoms with Gasteiger partial charge in [0.15, 0.2) is 0 Å². The molecule has 4 heteroatoms. The first-order chi connectivity index (χ1) is 8.79. The summed E-state index contributed by atoms with van der Waals surface area (Å²) in [6.07, 6.45) is 7.76. The van der Waals surface area contributed by atoms with Gasteiger partial charge in [-0.1, -0.05) is 6.92 Å². The number of imidazole rings is 1. The summed E-state index contributed by atoms with van der Waals surface area (Å²) in [5.41, 5.74) is 1.32. The highest BCUT2D eigenvalue weighted by Gasteiger charge is 2.17. The van der Waals surface area contributed by atoms with Crippen LogP contribution in [0.4, 0.5) is 0 Å². The molecule has 0 saturated carbocycles. The zero-order valence-electron chi connectivity index (χ0n) is 11.7. The van der Waals surface area contributed by atoms with Crippen molar-refractivity contribution in [2.45, 2.75) is 32.7 Å². The number of piperidine rings is 1. The summed E-state index contributed by atoms with van der Waals surface area (Å²) >= 11 is 0. The minimum absolute atomic E-state index is 0.867. The molecule has 102 valence electrons. The van der Waals surface area contributed by atoms with Gasteiger partial charge in [-0.25, -0.2) is 4.98 Å². The lowest BCUT2D eigenvalue weighted by atomic mass is 9.97. The molecule has 18 heavy (non-hydrogen) atoms. The average Bonchev–Trinajstić information content (AvgIpc) is 2.77. The van der Waals surface area contributed by atoms with Gasteiger partial charge < -0.3 is 9.88 Å². The Kier molecular flexibility index (Phi) is 5.20. The standard InChI is InChI=1S/C14H26N4/c1-3-8-18(10-13-4-6-15-7-5-13)11-14-9-16-12-17(14)2/h9,12-13,15H,3-8,10-11H2,1-2H3. The zero-order valence-corrected chi connectivity index (χ0v) is 11.7. The molecule has 1 N–H and O–H groups in total. The highest BCUT2D eigenvalue weighted by molar-refractivity contribution is 4.97. The van der Waals surface area contributed by atoms with Crippen LogP contribution in [-0.2, 0) is 13.6 Å². The number of rotatable bonds is 6. The van der Waals surface area contributed by atoms with Crippen LogP contribution >= 0.6 is 0 Å². The molecule has 0 amide bonds. The van der Waals surface area contributed by atoms with Crippen molar-refractivity contribution in [1.29, 1.82) is 0 Å². The largest absolute Gasteiger partial charge is 0.337 e. The van der Waals surface area contributed by atoms with Gasteiger partial charge in [0.2, 0.25) is 0 Å². The second-order valence-electron chi connectivity index (χ2n) is 5.42. The third-order valence-electron chi connectivity index (χ3n) is 3.82. The summed E-state index contributed by atoms with van der Waals surface area (Å²) in [5, 5.41) is 3.44. The molecule has 0 unspecified atom stereocenters. The molecule has 1 aromatic heterocycles. The maximum Gasteiger partial charge on any atom is 0.0945 e. The Balaban J connectivity index is 1.88. The fourth-order valence-electron chi connectivity index (χ4n) is 2.75. The van der Waals surface area contributed by atoms with E-state index in [1.807, 2.05) is 12.5 Å². The lowest BCUT2D eigenvalue weighted by Gasteiger charge is -2.29. The SMILES string of the molecule is CCCN(Cc1cncn1C)CC1CCNCC1. The molecule has 1 aliphatic heterocycles. The van der Waals surface area contributed by atoms with Gasteiger partial charge in [-0.05, 0) is 44.8 Å². The van der Waals surface area contributed by atoms with Crippen LogP contribution in [0.3, 0.4) is 0 Å². The third kappa shape index (κ3) is 3.82. The van der Waals surface area contributed by atoms with Crippen molar-refractivity contribution in [2.24, 2.45) is 13.0 Å². The van der Waals surface area contributed by atoms with E-state index >= 15 is 0 Å². The Morgan fingerprint density at radius 1 is 1.44 bits per heavy atom. The van der Waals surface area contributed by atoms with E-state index in [1.165, 1.54) is 51.1 Å². The minimum atomic E-state index is 0.867. The Bertz CT molecular complexity index is 341. The van der Waals surface area contributed by atoms with Gasteiger partial charge in [-0.2, -0.15) is 0 Å². The molecule has 0 bridgehead atoms. The van der Waals surface area contributed by atoms with Crippen molar-refractivity contribution in [3.05, 3.63) is 18.2 Å². The molecule has 0 radical (unpaired) electrons. The fourth-order valence-corrected chi connectivity index (χ4v) is 2.75. The van der Waals surface area contributed by atoms with Gasteiger partial charge in [0.05, 0.1) is 12.0 Å². The molecule has 2 rings (SSSR count). The van der Waals surface area contributed by atoms with Crippen molar-refractivity contribution in [1.82, 2.24) is 19.8 Å². The first kappa shape index (κ1) is 13.6. The quantitative estimate of drug-likeness (QED) is 0.833. The summed E-state index contributed by atoms with van der Waals surface area (Å²) in [7, 11) is 2.08. The molecule has 0 atom stereocenters. The molecule has 4 nitrogen and oxygen atoms in total. The predicted molar refractivity (Wildman–Crippen MR) is 74.4 cm³/mol. The Labute approximate surface area is 110 Å². The van der Waals surface area contributed by atoms with Crippen LogP contribution in [0.5, 0.6) is 0 Å². The number of aryl methyl sites for hydroxylation is 1. The minimum Gasteiger partial charge on any atom is -0.337 e. The molecule has 0 spiro atoms. The Hall–Kier alpha value is -0.870. The first-order valence-corrected chi connectivity index (χ1v) is 7.18. The van der Waals surface area contributed by atoms with Gasteiger partial charge in [-0.3, -0.25) is 4.90 Å². The fraction of sp³-hybridized carbons (Fsp3) is 0.786. The summed E-state index contributed by atoms with van der Waals surface area (Å²) in [4.78, 5) is 6.80. The predicted octanol–water partition coefficient (Wildman–Crippen LogP) is 1.63. The van der Waals surface area contributed by atoms with E-state index in [4.69, 9.17) is 0 Å². The number of hydrogen-bond donors (Lipinski definition) is 1. The van der Waals surface area contributed by atoms with E-state index in [-0.39, 0.29) is 0 Å². The second kappa shape index (κ2) is 6.90. The Morgan fingerprint density at radius 3 is 2.83 bits per heavy atom. The van der Waals surface area contributed by atoms with E-state index in [0.717, 1.165) is 12.5 Å². The number of nitrogens with one attached hydrogen (secondary N) is 1. The summed E-state index contributed by atoms with van der Waals surface area (Å²) in [6.45, 7) is 8.11. The molecular formula is C14H26N4. The normalized spacial score (nSPS) is 17.5. The third-order valence-corrected chi connectivity index (χ3v) is 3.82. The van der Waals surface area contributed by atoms with E-state index in [1.54, 1.807) is 0 Å². The first-order valence-electron chi connectivity index (χ1n) is 7.18. The van der Waals surface area contributed by atoms with E-state index in [0.29, 0.717) is 0 Å². The topological polar surface area (TPSA) is 33.1 Å². The lowest BCUT2D eigenvalue weighted by Crippen LogP contribution is -2.36. The highest BCUT2D eigenvalue weighted by Crippen LogP contribution is 2.15. The summed E-state index contributed by atoms with van der Waals surface area (Å²) in [5.74, 6) is 0.867. The number of nitrogens with zero attached hydrogens (tertiary/aromatic N) is 3. The van der Waals surface area contributed by atoms with E-state index in [2.05, 4.69) is 33.7 Å². The van der Waals surface area contributed by atoms with Crippen molar-refractivity contribution in [3.8, 4) is 0 Å². The van der Waals surface area contributed by atoms with Crippen LogP contribution in [0.15, 0.2) is 12.5 Å². The monoisotopic (exact) mass is 250 g/mol. The number of aromatic nitrogens is 2. The molecule has 1 saturated heterocycles. The van der Waals surface area contributed by atoms with Crippen LogP contribution in [-0.4, -0.2) is 40.6 Å². The number of hydrogen-bond acceptors (Lipinski definition) is 3. The highest BCUT2D eigenvalue weighted by atomic mass is 15.2. The van der Waals surface area contributed by atoms with Gasteiger partial charge in [0.1, 0.15) is 0 Å². The molecule has 1 aromatic rings. The smallest absolute Gasteiger partial charge is 0.0945 e. The van der Waals surface area contributed by atoms with Crippen molar-refractivity contribution < 1.29 is 0 Å². The maximum atomic E-state index is 4.21. The summed E-state index contributed by atoms with van der Waals surface area (Å²) < 4.78 is 2.13. The van der Waals surface area contributed by atoms with Crippen LogP contribution in [0.1, 0.15) is 31.9 Å². The van der Waals surface area contributed by atoms with Gasteiger partial charge in [0, 0.05) is 26.3 Å².